The first kappa shape index (κ1) is 10.7. The number of nitrogens with two attached hydrogens (primary N) is 1. The normalized spacial score (nSPS) is 23.0. The van der Waals surface area contributed by atoms with Gasteiger partial charge in [0.2, 0.25) is 0 Å². The summed E-state index contributed by atoms with van der Waals surface area (Å²) in [5, 5.41) is 0. The number of hydrogen-bond acceptors (Lipinski definition) is 2. The van der Waals surface area contributed by atoms with Gasteiger partial charge in [0.25, 0.3) is 0 Å². The van der Waals surface area contributed by atoms with Crippen molar-refractivity contribution in [3.8, 4) is 0 Å². The van der Waals surface area contributed by atoms with Crippen molar-refractivity contribution in [1.29, 1.82) is 0 Å². The number of piperidine rings is 1. The molecule has 1 rings (SSSR count). The van der Waals surface area contributed by atoms with Crippen LogP contribution in [0.25, 0.3) is 0 Å². The Morgan fingerprint density at radius 1 is 1.54 bits per heavy atom. The van der Waals surface area contributed by atoms with Crippen molar-refractivity contribution in [2.45, 2.75) is 32.7 Å². The lowest BCUT2D eigenvalue weighted by Crippen LogP contribution is -2.40. The van der Waals surface area contributed by atoms with Gasteiger partial charge in [-0.05, 0) is 45.7 Å². The van der Waals surface area contributed by atoms with Crippen LogP contribution in [0, 0.1) is 5.92 Å². The molecule has 1 saturated heterocycles. The molecule has 0 bridgehead atoms. The summed E-state index contributed by atoms with van der Waals surface area (Å²) in [5.41, 5.74) is 7.14. The predicted octanol–water partition coefficient (Wildman–Crippen LogP) is 1.62. The molecule has 13 heavy (non-hydrogen) atoms. The van der Waals surface area contributed by atoms with Crippen LogP contribution in [0.3, 0.4) is 0 Å². The third-order valence-electron chi connectivity index (χ3n) is 2.87. The second-order valence-electron chi connectivity index (χ2n) is 4.43. The molecule has 0 aromatic rings. The summed E-state index contributed by atoms with van der Waals surface area (Å²) < 4.78 is 0. The van der Waals surface area contributed by atoms with Crippen molar-refractivity contribution in [2.24, 2.45) is 11.7 Å². The van der Waals surface area contributed by atoms with Crippen LogP contribution in [0.1, 0.15) is 26.7 Å². The van der Waals surface area contributed by atoms with Crippen LogP contribution >= 0.6 is 0 Å². The smallest absolute Gasteiger partial charge is 0.0187 e. The van der Waals surface area contributed by atoms with E-state index in [1.165, 1.54) is 31.5 Å². The second kappa shape index (κ2) is 4.77. The Morgan fingerprint density at radius 3 is 2.46 bits per heavy atom. The van der Waals surface area contributed by atoms with Gasteiger partial charge < -0.3 is 5.73 Å². The average molecular weight is 182 g/mol. The second-order valence-corrected chi connectivity index (χ2v) is 4.43. The van der Waals surface area contributed by atoms with Crippen molar-refractivity contribution in [1.82, 2.24) is 4.90 Å². The molecule has 1 heterocycles. The molecule has 0 aromatic heterocycles. The summed E-state index contributed by atoms with van der Waals surface area (Å²) in [5.74, 6) is 0.737. The van der Waals surface area contributed by atoms with E-state index in [9.17, 15) is 0 Å². The van der Waals surface area contributed by atoms with Crippen molar-refractivity contribution in [3.63, 3.8) is 0 Å². The quantitative estimate of drug-likeness (QED) is 0.672. The van der Waals surface area contributed by atoms with E-state index in [1.807, 2.05) is 0 Å². The molecule has 76 valence electrons. The Hall–Kier alpha value is -0.340. The van der Waals surface area contributed by atoms with E-state index in [2.05, 4.69) is 25.3 Å². The fourth-order valence-corrected chi connectivity index (χ4v) is 2.02. The Kier molecular flexibility index (Phi) is 3.94. The summed E-state index contributed by atoms with van der Waals surface area (Å²) >= 11 is 0. The van der Waals surface area contributed by atoms with E-state index in [1.54, 1.807) is 0 Å². The molecule has 1 aliphatic heterocycles. The molecule has 1 unspecified atom stereocenters. The maximum absolute atomic E-state index is 5.88. The fraction of sp³-hybridized carbons (Fsp3) is 0.818. The van der Waals surface area contributed by atoms with Crippen LogP contribution in [0.5, 0.6) is 0 Å². The molecule has 1 atom stereocenters. The molecule has 0 radical (unpaired) electrons. The van der Waals surface area contributed by atoms with Crippen LogP contribution in [-0.2, 0) is 0 Å². The van der Waals surface area contributed by atoms with Gasteiger partial charge in [0.1, 0.15) is 0 Å². The largest absolute Gasteiger partial charge is 0.328 e. The Morgan fingerprint density at radius 2 is 2.08 bits per heavy atom. The van der Waals surface area contributed by atoms with Crippen molar-refractivity contribution < 1.29 is 0 Å². The van der Waals surface area contributed by atoms with Crippen molar-refractivity contribution in [3.05, 3.63) is 12.2 Å². The molecule has 2 N–H and O–H groups in total. The van der Waals surface area contributed by atoms with Crippen molar-refractivity contribution in [2.75, 3.05) is 19.6 Å². The average Bonchev–Trinajstić information content (AvgIpc) is 2.04. The van der Waals surface area contributed by atoms with E-state index >= 15 is 0 Å². The van der Waals surface area contributed by atoms with Gasteiger partial charge in [0.05, 0.1) is 0 Å². The van der Waals surface area contributed by atoms with Crippen LogP contribution in [0.15, 0.2) is 12.2 Å². The fourth-order valence-electron chi connectivity index (χ4n) is 2.02. The van der Waals surface area contributed by atoms with Crippen LogP contribution in [0.4, 0.5) is 0 Å². The SMILES string of the molecule is C=C(C)CN1CCC(C(C)N)CC1. The number of rotatable bonds is 3. The zero-order valence-electron chi connectivity index (χ0n) is 8.92. The minimum atomic E-state index is 0.368. The molecular weight excluding hydrogens is 160 g/mol. The van der Waals surface area contributed by atoms with E-state index in [0.717, 1.165) is 12.5 Å². The van der Waals surface area contributed by atoms with Crippen LogP contribution in [0.2, 0.25) is 0 Å². The third-order valence-corrected chi connectivity index (χ3v) is 2.87. The molecule has 1 fully saturated rings. The number of hydrogen-bond donors (Lipinski definition) is 1. The van der Waals surface area contributed by atoms with Crippen molar-refractivity contribution >= 4 is 0 Å². The van der Waals surface area contributed by atoms with Gasteiger partial charge in [0.15, 0.2) is 0 Å². The zero-order chi connectivity index (χ0) is 9.84. The maximum atomic E-state index is 5.88. The Bertz CT molecular complexity index is 167. The first-order chi connectivity index (χ1) is 6.09. The van der Waals surface area contributed by atoms with Crippen LogP contribution in [-0.4, -0.2) is 30.6 Å². The molecule has 0 aromatic carbocycles. The Labute approximate surface area is 81.8 Å². The van der Waals surface area contributed by atoms with Gasteiger partial charge in [-0.15, -0.1) is 0 Å². The molecule has 0 aliphatic carbocycles. The molecular formula is C11H22N2. The Balaban J connectivity index is 2.26. The monoisotopic (exact) mass is 182 g/mol. The van der Waals surface area contributed by atoms with E-state index in [4.69, 9.17) is 5.73 Å². The summed E-state index contributed by atoms with van der Waals surface area (Å²) in [7, 11) is 0. The van der Waals surface area contributed by atoms with Gasteiger partial charge in [-0.2, -0.15) is 0 Å². The zero-order valence-corrected chi connectivity index (χ0v) is 8.92. The van der Waals surface area contributed by atoms with Gasteiger partial charge in [-0.3, -0.25) is 4.90 Å². The van der Waals surface area contributed by atoms with Gasteiger partial charge in [-0.1, -0.05) is 12.2 Å². The standard InChI is InChI=1S/C11H22N2/c1-9(2)8-13-6-4-11(5-7-13)10(3)12/h10-11H,1,4-8,12H2,2-3H3. The lowest BCUT2D eigenvalue weighted by molar-refractivity contribution is 0.184. The predicted molar refractivity (Wildman–Crippen MR) is 57.6 cm³/mol. The van der Waals surface area contributed by atoms with E-state index in [-0.39, 0.29) is 0 Å². The summed E-state index contributed by atoms with van der Waals surface area (Å²) in [6.07, 6.45) is 2.51. The number of nitrogens with zero attached hydrogens (tertiary/aromatic N) is 1. The highest BCUT2D eigenvalue weighted by atomic mass is 15.1. The molecule has 2 nitrogen and oxygen atoms in total. The molecule has 0 spiro atoms. The van der Waals surface area contributed by atoms with E-state index in [0.29, 0.717) is 6.04 Å². The van der Waals surface area contributed by atoms with Gasteiger partial charge >= 0.3 is 0 Å². The highest BCUT2D eigenvalue weighted by Crippen LogP contribution is 2.19. The first-order valence-corrected chi connectivity index (χ1v) is 5.22. The van der Waals surface area contributed by atoms with E-state index < -0.39 is 0 Å². The molecule has 1 aliphatic rings. The van der Waals surface area contributed by atoms with Crippen LogP contribution < -0.4 is 5.73 Å². The minimum Gasteiger partial charge on any atom is -0.328 e. The lowest BCUT2D eigenvalue weighted by Gasteiger charge is -2.33. The highest BCUT2D eigenvalue weighted by Gasteiger charge is 2.21. The summed E-state index contributed by atoms with van der Waals surface area (Å²) in [6, 6.07) is 0.368. The first-order valence-electron chi connectivity index (χ1n) is 5.22. The lowest BCUT2D eigenvalue weighted by atomic mass is 9.91. The maximum Gasteiger partial charge on any atom is 0.0187 e. The summed E-state index contributed by atoms with van der Waals surface area (Å²) in [6.45, 7) is 11.6. The number of likely N-dealkylation sites (tertiary alicyclic amines) is 1. The highest BCUT2D eigenvalue weighted by molar-refractivity contribution is 4.93. The molecule has 2 heteroatoms. The summed E-state index contributed by atoms with van der Waals surface area (Å²) in [4.78, 5) is 2.47. The van der Waals surface area contributed by atoms with Gasteiger partial charge in [0, 0.05) is 12.6 Å². The topological polar surface area (TPSA) is 29.3 Å². The molecule has 0 amide bonds. The molecule has 0 saturated carbocycles. The third kappa shape index (κ3) is 3.49. The van der Waals surface area contributed by atoms with Gasteiger partial charge in [-0.25, -0.2) is 0 Å². The minimum absolute atomic E-state index is 0.368.